The van der Waals surface area contributed by atoms with Gasteiger partial charge in [-0.2, -0.15) is 0 Å². The van der Waals surface area contributed by atoms with Crippen molar-refractivity contribution in [2.24, 2.45) is 0 Å². The average molecular weight is 883 g/mol. The van der Waals surface area contributed by atoms with E-state index in [1.54, 1.807) is 6.08 Å². The van der Waals surface area contributed by atoms with Crippen LogP contribution in [0.15, 0.2) is 48.6 Å². The first-order chi connectivity index (χ1) is 29.4. The maximum absolute atomic E-state index is 12.7. The molecule has 3 atom stereocenters. The van der Waals surface area contributed by atoms with E-state index in [1.807, 2.05) is 57.6 Å². The Kier molecular flexibility index (Phi) is 40.5. The summed E-state index contributed by atoms with van der Waals surface area (Å²) in [5, 5.41) is 10.1. The summed E-state index contributed by atoms with van der Waals surface area (Å²) >= 11 is 0. The first-order valence-corrected chi connectivity index (χ1v) is 26.0. The molecule has 0 saturated carbocycles. The van der Waals surface area contributed by atoms with Crippen molar-refractivity contribution in [3.05, 3.63) is 48.6 Å². The van der Waals surface area contributed by atoms with Gasteiger partial charge in [-0.3, -0.25) is 18.6 Å². The number of hydrogen-bond donors (Lipinski definition) is 2. The van der Waals surface area contributed by atoms with Crippen molar-refractivity contribution in [3.63, 3.8) is 0 Å². The predicted octanol–water partition coefficient (Wildman–Crippen LogP) is 13.2. The lowest BCUT2D eigenvalue weighted by Crippen LogP contribution is -2.37. The number of nitrogens with zero attached hydrogens (tertiary/aromatic N) is 1. The fraction of sp³-hybridized carbons (Fsp3) is 0.800. The van der Waals surface area contributed by atoms with Crippen molar-refractivity contribution in [2.45, 2.75) is 212 Å². The first-order valence-electron chi connectivity index (χ1n) is 24.5. The Labute approximate surface area is 374 Å². The average Bonchev–Trinajstić information content (AvgIpc) is 3.21. The monoisotopic (exact) mass is 883 g/mol. The number of aliphatic hydroxyl groups is 1. The second-order valence-electron chi connectivity index (χ2n) is 17.7. The molecule has 0 spiro atoms. The molecule has 0 fully saturated rings. The number of carbonyl (C=O) groups excluding carboxylic acids is 2. The Morgan fingerprint density at radius 3 is 1.67 bits per heavy atom. The van der Waals surface area contributed by atoms with Gasteiger partial charge < -0.3 is 24.0 Å². The summed E-state index contributed by atoms with van der Waals surface area (Å²) in [7, 11) is 1.41. The minimum absolute atomic E-state index is 0.0128. The Balaban J connectivity index is 4.41. The molecular formula is C50H93NO9P+. The van der Waals surface area contributed by atoms with Crippen molar-refractivity contribution in [1.82, 2.24) is 0 Å². The summed E-state index contributed by atoms with van der Waals surface area (Å²) in [5.74, 6) is -0.900. The van der Waals surface area contributed by atoms with Crippen LogP contribution in [0, 0.1) is 0 Å². The summed E-state index contributed by atoms with van der Waals surface area (Å²) < 4.78 is 34.3. The minimum Gasteiger partial charge on any atom is -0.462 e. The van der Waals surface area contributed by atoms with Gasteiger partial charge in [-0.25, -0.2) is 4.57 Å². The zero-order chi connectivity index (χ0) is 45.1. The number of esters is 2. The van der Waals surface area contributed by atoms with Crippen LogP contribution in [0.4, 0.5) is 0 Å². The standard InChI is InChI=1S/C50H92NO9P/c1-6-8-10-12-14-15-16-17-18-19-20-21-22-23-24-25-29-34-38-42-50(54)60-48(46-59-61(55,56)58-44-43-51(3,4)5)45-57-49(53)41-37-33-30-26-28-32-36-40-47(52)39-35-31-27-13-11-9-7-2/h26-27,30-32,35-36,39,47-48,52H,6-25,28-29,33-34,37-38,40-46H2,1-5H3/p+1/b30-26+,31-27-,36-32-,39-35-/t47-,48-/m1/s1. The van der Waals surface area contributed by atoms with E-state index in [2.05, 4.69) is 19.9 Å². The molecule has 0 heterocycles. The van der Waals surface area contributed by atoms with E-state index in [1.165, 1.54) is 116 Å². The Morgan fingerprint density at radius 1 is 0.590 bits per heavy atom. The van der Waals surface area contributed by atoms with Crippen LogP contribution in [0.5, 0.6) is 0 Å². The van der Waals surface area contributed by atoms with Gasteiger partial charge in [-0.1, -0.05) is 191 Å². The quantitative estimate of drug-likeness (QED) is 0.0153. The van der Waals surface area contributed by atoms with E-state index in [0.717, 1.165) is 32.1 Å². The predicted molar refractivity (Wildman–Crippen MR) is 253 cm³/mol. The number of allylic oxidation sites excluding steroid dienone is 6. The largest absolute Gasteiger partial charge is 0.472 e. The molecule has 0 aromatic heterocycles. The first kappa shape index (κ1) is 58.9. The van der Waals surface area contributed by atoms with Gasteiger partial charge in [0.1, 0.15) is 19.8 Å². The number of hydrogen-bond acceptors (Lipinski definition) is 8. The lowest BCUT2D eigenvalue weighted by Gasteiger charge is -2.24. The highest BCUT2D eigenvalue weighted by atomic mass is 31.2. The highest BCUT2D eigenvalue weighted by Crippen LogP contribution is 2.43. The van der Waals surface area contributed by atoms with E-state index in [4.69, 9.17) is 18.5 Å². The van der Waals surface area contributed by atoms with Crippen molar-refractivity contribution in [1.29, 1.82) is 0 Å². The van der Waals surface area contributed by atoms with Crippen molar-refractivity contribution >= 4 is 19.8 Å². The highest BCUT2D eigenvalue weighted by molar-refractivity contribution is 7.47. The van der Waals surface area contributed by atoms with Gasteiger partial charge in [-0.05, 0) is 44.9 Å². The number of likely N-dealkylation sites (N-methyl/N-ethyl adjacent to an activating group) is 1. The smallest absolute Gasteiger partial charge is 0.462 e. The number of quaternary nitrogens is 1. The summed E-state index contributed by atoms with van der Waals surface area (Å²) in [6, 6.07) is 0. The lowest BCUT2D eigenvalue weighted by molar-refractivity contribution is -0.870. The number of rotatable bonds is 44. The van der Waals surface area contributed by atoms with Crippen LogP contribution in [0.2, 0.25) is 0 Å². The number of phosphoric acid groups is 1. The summed E-state index contributed by atoms with van der Waals surface area (Å²) in [6.45, 7) is 4.26. The van der Waals surface area contributed by atoms with Crippen LogP contribution in [0.25, 0.3) is 0 Å². The van der Waals surface area contributed by atoms with Gasteiger partial charge in [0.05, 0.1) is 33.9 Å². The summed E-state index contributed by atoms with van der Waals surface area (Å²) in [5.41, 5.74) is 0. The molecule has 0 saturated heterocycles. The van der Waals surface area contributed by atoms with Gasteiger partial charge in [0.15, 0.2) is 6.10 Å². The van der Waals surface area contributed by atoms with Crippen molar-refractivity contribution in [2.75, 3.05) is 47.5 Å². The molecular weight excluding hydrogens is 790 g/mol. The van der Waals surface area contributed by atoms with Gasteiger partial charge in [0, 0.05) is 12.8 Å². The van der Waals surface area contributed by atoms with Crippen LogP contribution in [-0.4, -0.2) is 86.1 Å². The molecule has 0 aliphatic carbocycles. The van der Waals surface area contributed by atoms with E-state index >= 15 is 0 Å². The molecule has 0 aromatic carbocycles. The third kappa shape index (κ3) is 45.8. The van der Waals surface area contributed by atoms with Gasteiger partial charge in [0.2, 0.25) is 0 Å². The van der Waals surface area contributed by atoms with Crippen LogP contribution in [-0.2, 0) is 32.7 Å². The van der Waals surface area contributed by atoms with Gasteiger partial charge >= 0.3 is 19.8 Å². The molecule has 2 N–H and O–H groups in total. The van der Waals surface area contributed by atoms with Crippen molar-refractivity contribution in [3.8, 4) is 0 Å². The molecule has 0 aliphatic heterocycles. The van der Waals surface area contributed by atoms with E-state index in [0.29, 0.717) is 36.7 Å². The third-order valence-corrected chi connectivity index (χ3v) is 11.4. The lowest BCUT2D eigenvalue weighted by atomic mass is 10.0. The second-order valence-corrected chi connectivity index (χ2v) is 19.2. The summed E-state index contributed by atoms with van der Waals surface area (Å²) in [6.07, 6.45) is 46.2. The van der Waals surface area contributed by atoms with Crippen LogP contribution in [0.1, 0.15) is 200 Å². The number of phosphoric ester groups is 1. The van der Waals surface area contributed by atoms with Crippen LogP contribution < -0.4 is 0 Å². The molecule has 0 rings (SSSR count). The van der Waals surface area contributed by atoms with E-state index in [9.17, 15) is 24.2 Å². The molecule has 0 aromatic rings. The molecule has 11 heteroatoms. The number of carbonyl (C=O) groups is 2. The maximum Gasteiger partial charge on any atom is 0.472 e. The molecule has 1 unspecified atom stereocenters. The topological polar surface area (TPSA) is 129 Å². The third-order valence-electron chi connectivity index (χ3n) is 10.4. The fourth-order valence-corrected chi connectivity index (χ4v) is 7.30. The Hall–Kier alpha value is -2.07. The van der Waals surface area contributed by atoms with Gasteiger partial charge in [0.25, 0.3) is 0 Å². The Morgan fingerprint density at radius 2 is 1.10 bits per heavy atom. The molecule has 10 nitrogen and oxygen atoms in total. The molecule has 0 bridgehead atoms. The number of aliphatic hydroxyl groups excluding tert-OH is 1. The highest BCUT2D eigenvalue weighted by Gasteiger charge is 2.27. The second kappa shape index (κ2) is 41.9. The fourth-order valence-electron chi connectivity index (χ4n) is 6.56. The number of unbranched alkanes of at least 4 members (excludes halogenated alkanes) is 22. The molecule has 61 heavy (non-hydrogen) atoms. The molecule has 0 radical (unpaired) electrons. The van der Waals surface area contributed by atoms with E-state index in [-0.39, 0.29) is 26.1 Å². The normalized spacial score (nSPS) is 14.4. The molecule has 356 valence electrons. The minimum atomic E-state index is -4.40. The van der Waals surface area contributed by atoms with Crippen LogP contribution in [0.3, 0.4) is 0 Å². The van der Waals surface area contributed by atoms with Gasteiger partial charge in [-0.15, -0.1) is 0 Å². The molecule has 0 amide bonds. The summed E-state index contributed by atoms with van der Waals surface area (Å²) in [4.78, 5) is 35.5. The van der Waals surface area contributed by atoms with Crippen molar-refractivity contribution < 1.29 is 47.2 Å². The SMILES string of the molecule is CCCCC/C=C\C=C/[C@@H](O)C/C=C\C/C=C/CCCC(=O)OC[C@H](COP(=O)(O)OCC[N+](C)(C)C)OC(=O)CCCCCCCCCCCCCCCCCCCCC. The Bertz CT molecular complexity index is 1200. The maximum atomic E-state index is 12.7. The van der Waals surface area contributed by atoms with Crippen LogP contribution >= 0.6 is 7.82 Å². The zero-order valence-corrected chi connectivity index (χ0v) is 40.6. The number of ether oxygens (including phenoxy) is 2. The molecule has 0 aliphatic rings. The van der Waals surface area contributed by atoms with E-state index < -0.39 is 38.6 Å². The zero-order valence-electron chi connectivity index (χ0n) is 39.8.